The summed E-state index contributed by atoms with van der Waals surface area (Å²) < 4.78 is 0. The lowest BCUT2D eigenvalue weighted by Gasteiger charge is -2.04. The molecular formula is C10H8ClO. The first-order chi connectivity index (χ1) is 5.77. The molecule has 1 fully saturated rings. The quantitative estimate of drug-likeness (QED) is 0.682. The Morgan fingerprint density at radius 3 is 2.25 bits per heavy atom. The van der Waals surface area contributed by atoms with E-state index in [-0.39, 0.29) is 5.41 Å². The third-order valence-corrected chi connectivity index (χ3v) is 2.59. The normalized spacial score (nSPS) is 18.8. The van der Waals surface area contributed by atoms with Gasteiger partial charge in [-0.25, -0.2) is 0 Å². The summed E-state index contributed by atoms with van der Waals surface area (Å²) in [7, 11) is 0. The Bertz CT molecular complexity index is 298. The molecule has 0 N–H and O–H groups in total. The molecule has 1 saturated carbocycles. The second kappa shape index (κ2) is 2.60. The van der Waals surface area contributed by atoms with Crippen molar-refractivity contribution in [1.29, 1.82) is 0 Å². The maximum atomic E-state index is 10.6. The topological polar surface area (TPSA) is 17.1 Å². The van der Waals surface area contributed by atoms with Crippen molar-refractivity contribution < 1.29 is 4.79 Å². The summed E-state index contributed by atoms with van der Waals surface area (Å²) in [4.78, 5) is 10.6. The van der Waals surface area contributed by atoms with Crippen LogP contribution in [0.5, 0.6) is 0 Å². The highest BCUT2D eigenvalue weighted by atomic mass is 35.5. The molecule has 0 heterocycles. The smallest absolute Gasteiger partial charge is 0.209 e. The Kier molecular flexibility index (Phi) is 1.69. The maximum absolute atomic E-state index is 10.6. The molecule has 1 aromatic rings. The van der Waals surface area contributed by atoms with E-state index in [9.17, 15) is 4.79 Å². The van der Waals surface area contributed by atoms with Crippen molar-refractivity contribution in [2.24, 2.45) is 0 Å². The van der Waals surface area contributed by atoms with Gasteiger partial charge in [-0.05, 0) is 30.5 Å². The number of hydrogen-bond acceptors (Lipinski definition) is 1. The van der Waals surface area contributed by atoms with Crippen molar-refractivity contribution in [2.75, 3.05) is 0 Å². The fourth-order valence-electron chi connectivity index (χ4n) is 1.34. The van der Waals surface area contributed by atoms with Gasteiger partial charge in [0.05, 0.1) is 5.41 Å². The van der Waals surface area contributed by atoms with E-state index in [1.165, 1.54) is 0 Å². The summed E-state index contributed by atoms with van der Waals surface area (Å²) in [6, 6.07) is 7.43. The molecule has 0 unspecified atom stereocenters. The lowest BCUT2D eigenvalue weighted by Crippen LogP contribution is -2.06. The molecule has 0 bridgehead atoms. The van der Waals surface area contributed by atoms with E-state index in [1.54, 1.807) is 0 Å². The highest BCUT2D eigenvalue weighted by molar-refractivity contribution is 6.30. The van der Waals surface area contributed by atoms with Gasteiger partial charge in [0.2, 0.25) is 6.29 Å². The molecular weight excluding hydrogens is 172 g/mol. The SMILES string of the molecule is O=[C]C1(c2ccc(Cl)cc2)CC1. The van der Waals surface area contributed by atoms with Crippen LogP contribution in [0.25, 0.3) is 0 Å². The van der Waals surface area contributed by atoms with E-state index in [0.29, 0.717) is 5.02 Å². The molecule has 1 radical (unpaired) electrons. The van der Waals surface area contributed by atoms with Crippen molar-refractivity contribution in [1.82, 2.24) is 0 Å². The number of benzene rings is 1. The standard InChI is InChI=1S/C10H8ClO/c11-9-3-1-8(2-4-9)10(7-12)5-6-10/h1-4H,5-6H2. The summed E-state index contributed by atoms with van der Waals surface area (Å²) >= 11 is 5.73. The van der Waals surface area contributed by atoms with Crippen LogP contribution < -0.4 is 0 Å². The maximum Gasteiger partial charge on any atom is 0.209 e. The molecule has 1 aromatic carbocycles. The first kappa shape index (κ1) is 7.81. The molecule has 1 aliphatic rings. The van der Waals surface area contributed by atoms with Gasteiger partial charge < -0.3 is 0 Å². The van der Waals surface area contributed by atoms with Crippen LogP contribution in [-0.4, -0.2) is 6.29 Å². The van der Waals surface area contributed by atoms with E-state index in [4.69, 9.17) is 11.6 Å². The highest BCUT2D eigenvalue weighted by Crippen LogP contribution is 2.46. The molecule has 1 nitrogen and oxygen atoms in total. The van der Waals surface area contributed by atoms with Crippen molar-refractivity contribution >= 4 is 17.9 Å². The molecule has 0 aromatic heterocycles. The van der Waals surface area contributed by atoms with E-state index in [2.05, 4.69) is 6.29 Å². The Hall–Kier alpha value is -0.820. The Morgan fingerprint density at radius 2 is 1.83 bits per heavy atom. The predicted octanol–water partition coefficient (Wildman–Crippen LogP) is 2.48. The van der Waals surface area contributed by atoms with E-state index >= 15 is 0 Å². The van der Waals surface area contributed by atoms with Gasteiger partial charge in [0.15, 0.2) is 0 Å². The zero-order valence-corrected chi connectivity index (χ0v) is 7.27. The van der Waals surface area contributed by atoms with Crippen molar-refractivity contribution in [3.05, 3.63) is 34.9 Å². The van der Waals surface area contributed by atoms with Crippen LogP contribution in [0.4, 0.5) is 0 Å². The minimum absolute atomic E-state index is 0.287. The monoisotopic (exact) mass is 179 g/mol. The van der Waals surface area contributed by atoms with Crippen molar-refractivity contribution in [3.8, 4) is 0 Å². The van der Waals surface area contributed by atoms with Crippen molar-refractivity contribution in [2.45, 2.75) is 18.3 Å². The van der Waals surface area contributed by atoms with E-state index in [0.717, 1.165) is 18.4 Å². The van der Waals surface area contributed by atoms with Gasteiger partial charge in [-0.15, -0.1) is 0 Å². The summed E-state index contributed by atoms with van der Waals surface area (Å²) in [6.45, 7) is 0. The third kappa shape index (κ3) is 1.14. The average Bonchev–Trinajstić information content (AvgIpc) is 2.86. The van der Waals surface area contributed by atoms with Gasteiger partial charge in [0, 0.05) is 5.02 Å². The number of halogens is 1. The minimum Gasteiger partial charge on any atom is -0.290 e. The Balaban J connectivity index is 2.35. The zero-order valence-electron chi connectivity index (χ0n) is 6.51. The lowest BCUT2D eigenvalue weighted by atomic mass is 9.98. The first-order valence-corrected chi connectivity index (χ1v) is 4.30. The largest absolute Gasteiger partial charge is 0.290 e. The summed E-state index contributed by atoms with van der Waals surface area (Å²) in [5.41, 5.74) is 0.756. The predicted molar refractivity (Wildman–Crippen MR) is 48.1 cm³/mol. The van der Waals surface area contributed by atoms with Gasteiger partial charge in [0.1, 0.15) is 0 Å². The van der Waals surface area contributed by atoms with E-state index in [1.807, 2.05) is 24.3 Å². The molecule has 61 valence electrons. The molecule has 0 amide bonds. The van der Waals surface area contributed by atoms with Gasteiger partial charge in [-0.2, -0.15) is 0 Å². The third-order valence-electron chi connectivity index (χ3n) is 2.34. The van der Waals surface area contributed by atoms with Crippen molar-refractivity contribution in [3.63, 3.8) is 0 Å². The van der Waals surface area contributed by atoms with Crippen LogP contribution >= 0.6 is 11.6 Å². The zero-order chi connectivity index (χ0) is 8.60. The Labute approximate surface area is 76.4 Å². The van der Waals surface area contributed by atoms with Crippen LogP contribution in [0.1, 0.15) is 18.4 Å². The summed E-state index contributed by atoms with van der Waals surface area (Å²) in [5, 5.41) is 0.709. The molecule has 0 spiro atoms. The van der Waals surface area contributed by atoms with Gasteiger partial charge >= 0.3 is 0 Å². The van der Waals surface area contributed by atoms with Crippen LogP contribution in [0, 0.1) is 0 Å². The van der Waals surface area contributed by atoms with E-state index < -0.39 is 0 Å². The average molecular weight is 180 g/mol. The molecule has 0 atom stereocenters. The molecule has 0 aliphatic heterocycles. The number of carbonyl (C=O) groups excluding carboxylic acids is 1. The van der Waals surface area contributed by atoms with Crippen LogP contribution in [0.2, 0.25) is 5.02 Å². The van der Waals surface area contributed by atoms with Gasteiger partial charge in [-0.3, -0.25) is 4.79 Å². The highest BCUT2D eigenvalue weighted by Gasteiger charge is 2.45. The first-order valence-electron chi connectivity index (χ1n) is 3.92. The second-order valence-corrected chi connectivity index (χ2v) is 3.63. The molecule has 1 aliphatic carbocycles. The van der Waals surface area contributed by atoms with Crippen LogP contribution in [0.3, 0.4) is 0 Å². The second-order valence-electron chi connectivity index (χ2n) is 3.19. The number of hydrogen-bond donors (Lipinski definition) is 0. The summed E-state index contributed by atoms with van der Waals surface area (Å²) in [5.74, 6) is 0. The number of rotatable bonds is 2. The van der Waals surface area contributed by atoms with Gasteiger partial charge in [-0.1, -0.05) is 23.7 Å². The summed E-state index contributed by atoms with van der Waals surface area (Å²) in [6.07, 6.45) is 3.95. The Morgan fingerprint density at radius 1 is 1.25 bits per heavy atom. The fraction of sp³-hybridized carbons (Fsp3) is 0.300. The van der Waals surface area contributed by atoms with Crippen LogP contribution in [0.15, 0.2) is 24.3 Å². The molecule has 2 rings (SSSR count). The minimum atomic E-state index is -0.287. The molecule has 12 heavy (non-hydrogen) atoms. The molecule has 2 heteroatoms. The van der Waals surface area contributed by atoms with Crippen LogP contribution in [-0.2, 0) is 10.2 Å². The molecule has 0 saturated heterocycles. The lowest BCUT2D eigenvalue weighted by molar-refractivity contribution is 0.540. The fourth-order valence-corrected chi connectivity index (χ4v) is 1.47. The van der Waals surface area contributed by atoms with Gasteiger partial charge in [0.25, 0.3) is 0 Å².